The Hall–Kier alpha value is -2.37. The van der Waals surface area contributed by atoms with Gasteiger partial charge in [0.2, 0.25) is 0 Å². The van der Waals surface area contributed by atoms with Crippen molar-refractivity contribution in [1.82, 2.24) is 19.9 Å². The van der Waals surface area contributed by atoms with Crippen molar-refractivity contribution in [2.75, 3.05) is 11.4 Å². The monoisotopic (exact) mass is 283 g/mol. The zero-order chi connectivity index (χ0) is 14.2. The van der Waals surface area contributed by atoms with Crippen molar-refractivity contribution >= 4 is 17.0 Å². The number of rotatable bonds is 3. The third-order valence-electron chi connectivity index (χ3n) is 4.09. The normalized spacial score (nSPS) is 18.7. The molecule has 108 valence electrons. The van der Waals surface area contributed by atoms with Gasteiger partial charge in [0.05, 0.1) is 12.4 Å². The summed E-state index contributed by atoms with van der Waals surface area (Å²) in [7, 11) is 0. The van der Waals surface area contributed by atoms with Gasteiger partial charge < -0.3 is 14.3 Å². The molecule has 1 fully saturated rings. The number of imidazole rings is 1. The lowest BCUT2D eigenvalue weighted by atomic mass is 10.1. The van der Waals surface area contributed by atoms with E-state index in [-0.39, 0.29) is 6.04 Å². The number of H-pyrrole nitrogens is 1. The summed E-state index contributed by atoms with van der Waals surface area (Å²) < 4.78 is 5.95. The minimum absolute atomic E-state index is 0.242. The first-order chi connectivity index (χ1) is 10.4. The van der Waals surface area contributed by atoms with Crippen molar-refractivity contribution in [1.29, 1.82) is 0 Å². The van der Waals surface area contributed by atoms with Crippen LogP contribution in [0.15, 0.2) is 29.2 Å². The van der Waals surface area contributed by atoms with E-state index in [4.69, 9.17) is 4.42 Å². The van der Waals surface area contributed by atoms with Crippen LogP contribution in [0.2, 0.25) is 0 Å². The van der Waals surface area contributed by atoms with Gasteiger partial charge in [0, 0.05) is 13.0 Å². The quantitative estimate of drug-likeness (QED) is 0.800. The number of furan rings is 1. The molecule has 3 aromatic heterocycles. The molecule has 1 saturated heterocycles. The van der Waals surface area contributed by atoms with Gasteiger partial charge in [-0.25, -0.2) is 15.0 Å². The van der Waals surface area contributed by atoms with E-state index in [1.165, 1.54) is 0 Å². The third kappa shape index (κ3) is 1.98. The summed E-state index contributed by atoms with van der Waals surface area (Å²) in [5.41, 5.74) is 1.60. The van der Waals surface area contributed by atoms with Crippen LogP contribution < -0.4 is 4.90 Å². The van der Waals surface area contributed by atoms with Gasteiger partial charge in [-0.1, -0.05) is 6.92 Å². The van der Waals surface area contributed by atoms with Crippen LogP contribution in [0.1, 0.15) is 37.3 Å². The lowest BCUT2D eigenvalue weighted by Crippen LogP contribution is -2.23. The number of nitrogens with zero attached hydrogens (tertiary/aromatic N) is 4. The number of aromatic amines is 1. The van der Waals surface area contributed by atoms with Gasteiger partial charge in [-0.3, -0.25) is 0 Å². The summed E-state index contributed by atoms with van der Waals surface area (Å²) >= 11 is 0. The van der Waals surface area contributed by atoms with E-state index < -0.39 is 0 Å². The Kier molecular flexibility index (Phi) is 2.87. The summed E-state index contributed by atoms with van der Waals surface area (Å²) in [6, 6.07) is 4.40. The molecule has 1 N–H and O–H groups in total. The van der Waals surface area contributed by atoms with Crippen LogP contribution in [0, 0.1) is 0 Å². The van der Waals surface area contributed by atoms with Crippen molar-refractivity contribution in [3.05, 3.63) is 36.3 Å². The molecule has 1 atom stereocenters. The predicted molar refractivity (Wildman–Crippen MR) is 79.1 cm³/mol. The minimum Gasteiger partial charge on any atom is -0.464 e. The molecular formula is C15H17N5O. The van der Waals surface area contributed by atoms with Gasteiger partial charge in [-0.05, 0) is 25.0 Å². The van der Waals surface area contributed by atoms with Crippen molar-refractivity contribution < 1.29 is 4.42 Å². The van der Waals surface area contributed by atoms with E-state index in [0.717, 1.165) is 48.7 Å². The lowest BCUT2D eigenvalue weighted by molar-refractivity contribution is 0.434. The van der Waals surface area contributed by atoms with E-state index in [1.807, 2.05) is 0 Å². The fraction of sp³-hybridized carbons (Fsp3) is 0.400. The zero-order valence-corrected chi connectivity index (χ0v) is 11.9. The molecule has 4 rings (SSSR count). The first kappa shape index (κ1) is 12.4. The Balaban J connectivity index is 1.74. The number of hydrogen-bond acceptors (Lipinski definition) is 5. The predicted octanol–water partition coefficient (Wildman–Crippen LogP) is 2.85. The van der Waals surface area contributed by atoms with Gasteiger partial charge in [0.1, 0.15) is 23.4 Å². The molecule has 0 aromatic carbocycles. The molecule has 0 bridgehead atoms. The molecule has 0 amide bonds. The topological polar surface area (TPSA) is 70.8 Å². The van der Waals surface area contributed by atoms with E-state index in [2.05, 4.69) is 43.9 Å². The van der Waals surface area contributed by atoms with Crippen LogP contribution in [-0.4, -0.2) is 26.5 Å². The van der Waals surface area contributed by atoms with Gasteiger partial charge >= 0.3 is 0 Å². The molecule has 0 aliphatic carbocycles. The first-order valence-corrected chi connectivity index (χ1v) is 7.36. The smallest absolute Gasteiger partial charge is 0.182 e. The fourth-order valence-electron chi connectivity index (χ4n) is 3.05. The molecular weight excluding hydrogens is 266 g/mol. The molecule has 3 aromatic rings. The van der Waals surface area contributed by atoms with Crippen LogP contribution in [0.3, 0.4) is 0 Å². The first-order valence-electron chi connectivity index (χ1n) is 7.36. The largest absolute Gasteiger partial charge is 0.464 e. The summed E-state index contributed by atoms with van der Waals surface area (Å²) in [6.45, 7) is 3.07. The highest BCUT2D eigenvalue weighted by molar-refractivity contribution is 5.83. The Bertz CT molecular complexity index is 762. The number of aromatic nitrogens is 4. The molecule has 6 nitrogen and oxygen atoms in total. The maximum absolute atomic E-state index is 5.95. The van der Waals surface area contributed by atoms with Crippen molar-refractivity contribution in [3.63, 3.8) is 0 Å². The second kappa shape index (κ2) is 4.87. The maximum Gasteiger partial charge on any atom is 0.182 e. The number of anilines is 1. The number of fused-ring (bicyclic) bond motifs is 1. The van der Waals surface area contributed by atoms with E-state index in [9.17, 15) is 0 Å². The molecule has 0 radical (unpaired) electrons. The second-order valence-corrected chi connectivity index (χ2v) is 5.31. The summed E-state index contributed by atoms with van der Waals surface area (Å²) in [6.07, 6.45) is 6.37. The van der Waals surface area contributed by atoms with Crippen molar-refractivity contribution in [3.8, 4) is 0 Å². The van der Waals surface area contributed by atoms with Gasteiger partial charge in [-0.2, -0.15) is 0 Å². The van der Waals surface area contributed by atoms with Crippen LogP contribution in [-0.2, 0) is 6.42 Å². The standard InChI is InChI=1S/C15H17N5O/c1-2-10-5-6-12(21-10)11-4-3-7-20(11)15-13-14(17-8-16-13)18-9-19-15/h5-6,8-9,11H,2-4,7H2,1H3,(H,16,17,18,19)/t11-/m1/s1. The summed E-state index contributed by atoms with van der Waals surface area (Å²) in [4.78, 5) is 18.3. The lowest BCUT2D eigenvalue weighted by Gasteiger charge is -2.24. The highest BCUT2D eigenvalue weighted by atomic mass is 16.3. The SMILES string of the molecule is CCc1ccc([C@H]2CCCN2c2ncnc3nc[nH]c23)o1. The number of hydrogen-bond donors (Lipinski definition) is 1. The highest BCUT2D eigenvalue weighted by Gasteiger charge is 2.31. The van der Waals surface area contributed by atoms with E-state index in [1.54, 1.807) is 12.7 Å². The summed E-state index contributed by atoms with van der Waals surface area (Å²) in [5, 5.41) is 0. The van der Waals surface area contributed by atoms with Gasteiger partial charge in [0.15, 0.2) is 11.5 Å². The minimum atomic E-state index is 0.242. The Morgan fingerprint density at radius 1 is 1.33 bits per heavy atom. The van der Waals surface area contributed by atoms with Gasteiger partial charge in [-0.15, -0.1) is 0 Å². The molecule has 0 unspecified atom stereocenters. The van der Waals surface area contributed by atoms with Crippen molar-refractivity contribution in [2.45, 2.75) is 32.2 Å². The Morgan fingerprint density at radius 3 is 3.14 bits per heavy atom. The Morgan fingerprint density at radius 2 is 2.29 bits per heavy atom. The third-order valence-corrected chi connectivity index (χ3v) is 4.09. The fourth-order valence-corrected chi connectivity index (χ4v) is 3.05. The highest BCUT2D eigenvalue weighted by Crippen LogP contribution is 2.37. The van der Waals surface area contributed by atoms with E-state index in [0.29, 0.717) is 5.65 Å². The van der Waals surface area contributed by atoms with Crippen LogP contribution in [0.4, 0.5) is 5.82 Å². The molecule has 0 spiro atoms. The van der Waals surface area contributed by atoms with Crippen molar-refractivity contribution in [2.24, 2.45) is 0 Å². The van der Waals surface area contributed by atoms with Gasteiger partial charge in [0.25, 0.3) is 0 Å². The molecule has 0 saturated carbocycles. The number of aryl methyl sites for hydroxylation is 1. The second-order valence-electron chi connectivity index (χ2n) is 5.31. The molecule has 6 heteroatoms. The van der Waals surface area contributed by atoms with E-state index >= 15 is 0 Å². The number of nitrogens with one attached hydrogen (secondary N) is 1. The van der Waals surface area contributed by atoms with Crippen LogP contribution >= 0.6 is 0 Å². The zero-order valence-electron chi connectivity index (χ0n) is 11.9. The average Bonchev–Trinajstić information content (AvgIpc) is 3.25. The average molecular weight is 283 g/mol. The molecule has 21 heavy (non-hydrogen) atoms. The molecule has 1 aliphatic rings. The maximum atomic E-state index is 5.95. The van der Waals surface area contributed by atoms with Crippen LogP contribution in [0.25, 0.3) is 11.2 Å². The van der Waals surface area contributed by atoms with Crippen LogP contribution in [0.5, 0.6) is 0 Å². The molecule has 1 aliphatic heterocycles. The molecule has 4 heterocycles. The summed E-state index contributed by atoms with van der Waals surface area (Å²) in [5.74, 6) is 2.97. The Labute approximate surface area is 122 Å².